The molecule has 2 aliphatic rings. The molecule has 2 aromatic rings. The van der Waals surface area contributed by atoms with Crippen molar-refractivity contribution in [3.8, 4) is 0 Å². The summed E-state index contributed by atoms with van der Waals surface area (Å²) >= 11 is 0. The van der Waals surface area contributed by atoms with Crippen molar-refractivity contribution in [3.63, 3.8) is 0 Å². The van der Waals surface area contributed by atoms with Gasteiger partial charge in [-0.2, -0.15) is 27.8 Å². The SMILES string of the molecule is FC(F)(F)c1cc(N2CCN3CCC[C@@H]3C2)n2ncnc2n1. The topological polar surface area (TPSA) is 49.6 Å². The number of nitrogens with zero attached hydrogens (tertiary/aromatic N) is 6. The molecule has 0 bridgehead atoms. The van der Waals surface area contributed by atoms with E-state index in [0.29, 0.717) is 18.4 Å². The minimum absolute atomic E-state index is 0.0151. The highest BCUT2D eigenvalue weighted by atomic mass is 19.4. The van der Waals surface area contributed by atoms with E-state index in [1.807, 2.05) is 4.90 Å². The predicted molar refractivity (Wildman–Crippen MR) is 72.6 cm³/mol. The van der Waals surface area contributed by atoms with Crippen LogP contribution < -0.4 is 4.90 Å². The number of piperazine rings is 1. The van der Waals surface area contributed by atoms with Gasteiger partial charge < -0.3 is 4.90 Å². The van der Waals surface area contributed by atoms with E-state index < -0.39 is 11.9 Å². The summed E-state index contributed by atoms with van der Waals surface area (Å²) in [4.78, 5) is 11.7. The molecule has 6 nitrogen and oxygen atoms in total. The highest BCUT2D eigenvalue weighted by molar-refractivity contribution is 5.48. The van der Waals surface area contributed by atoms with Gasteiger partial charge in [-0.3, -0.25) is 4.90 Å². The van der Waals surface area contributed by atoms with Crippen molar-refractivity contribution >= 4 is 11.6 Å². The summed E-state index contributed by atoms with van der Waals surface area (Å²) in [6.45, 7) is 3.36. The number of hydrogen-bond acceptors (Lipinski definition) is 5. The van der Waals surface area contributed by atoms with Crippen molar-refractivity contribution in [2.24, 2.45) is 0 Å². The van der Waals surface area contributed by atoms with Crippen LogP contribution in [0.2, 0.25) is 0 Å². The first-order valence-electron chi connectivity index (χ1n) is 7.29. The van der Waals surface area contributed by atoms with Gasteiger partial charge >= 0.3 is 6.18 Å². The zero-order valence-electron chi connectivity index (χ0n) is 11.8. The first-order valence-corrected chi connectivity index (χ1v) is 7.29. The number of aromatic nitrogens is 4. The van der Waals surface area contributed by atoms with Crippen LogP contribution in [0, 0.1) is 0 Å². The van der Waals surface area contributed by atoms with Crippen LogP contribution >= 0.6 is 0 Å². The fourth-order valence-electron chi connectivity index (χ4n) is 3.37. The van der Waals surface area contributed by atoms with E-state index in [0.717, 1.165) is 38.5 Å². The molecule has 0 spiro atoms. The molecule has 0 aliphatic carbocycles. The second-order valence-corrected chi connectivity index (χ2v) is 5.75. The van der Waals surface area contributed by atoms with Crippen LogP contribution in [0.3, 0.4) is 0 Å². The van der Waals surface area contributed by atoms with Crippen LogP contribution in [0.5, 0.6) is 0 Å². The van der Waals surface area contributed by atoms with Crippen molar-refractivity contribution in [1.29, 1.82) is 0 Å². The number of rotatable bonds is 1. The molecule has 0 N–H and O–H groups in total. The summed E-state index contributed by atoms with van der Waals surface area (Å²) in [5.74, 6) is 0.403. The molecule has 2 aliphatic heterocycles. The summed E-state index contributed by atoms with van der Waals surface area (Å²) in [6.07, 6.45) is -1.01. The van der Waals surface area contributed by atoms with Crippen molar-refractivity contribution in [1.82, 2.24) is 24.5 Å². The summed E-state index contributed by atoms with van der Waals surface area (Å²) in [5.41, 5.74) is -0.920. The Hall–Kier alpha value is -1.90. The van der Waals surface area contributed by atoms with Crippen LogP contribution in [0.4, 0.5) is 19.0 Å². The van der Waals surface area contributed by atoms with Gasteiger partial charge in [-0.15, -0.1) is 0 Å². The van der Waals surface area contributed by atoms with Crippen LogP contribution in [0.25, 0.3) is 5.78 Å². The largest absolute Gasteiger partial charge is 0.433 e. The van der Waals surface area contributed by atoms with E-state index in [4.69, 9.17) is 0 Å². The van der Waals surface area contributed by atoms with Crippen LogP contribution in [-0.4, -0.2) is 56.7 Å². The van der Waals surface area contributed by atoms with Gasteiger partial charge in [0, 0.05) is 31.7 Å². The Labute approximate surface area is 124 Å². The van der Waals surface area contributed by atoms with Crippen LogP contribution in [-0.2, 0) is 6.18 Å². The average Bonchev–Trinajstić information content (AvgIpc) is 3.13. The lowest BCUT2D eigenvalue weighted by molar-refractivity contribution is -0.141. The maximum absolute atomic E-state index is 13.0. The second-order valence-electron chi connectivity index (χ2n) is 5.75. The summed E-state index contributed by atoms with van der Waals surface area (Å²) < 4.78 is 40.5. The first kappa shape index (κ1) is 13.7. The molecule has 2 fully saturated rings. The van der Waals surface area contributed by atoms with Crippen molar-refractivity contribution in [2.45, 2.75) is 25.1 Å². The van der Waals surface area contributed by atoms with E-state index in [9.17, 15) is 13.2 Å². The van der Waals surface area contributed by atoms with E-state index >= 15 is 0 Å². The molecule has 0 saturated carbocycles. The smallest absolute Gasteiger partial charge is 0.354 e. The van der Waals surface area contributed by atoms with Gasteiger partial charge in [0.1, 0.15) is 12.1 Å². The third kappa shape index (κ3) is 2.20. The Kier molecular flexibility index (Phi) is 3.00. The number of anilines is 1. The Morgan fingerprint density at radius 3 is 2.86 bits per heavy atom. The maximum Gasteiger partial charge on any atom is 0.433 e. The molecule has 4 heterocycles. The Balaban J connectivity index is 1.75. The molecule has 22 heavy (non-hydrogen) atoms. The van der Waals surface area contributed by atoms with Gasteiger partial charge in [0.05, 0.1) is 0 Å². The van der Waals surface area contributed by atoms with E-state index in [2.05, 4.69) is 20.0 Å². The van der Waals surface area contributed by atoms with E-state index in [-0.39, 0.29) is 5.78 Å². The number of halogens is 3. The Morgan fingerprint density at radius 1 is 1.18 bits per heavy atom. The van der Waals surface area contributed by atoms with E-state index in [1.54, 1.807) is 0 Å². The molecule has 2 saturated heterocycles. The number of fused-ring (bicyclic) bond motifs is 2. The van der Waals surface area contributed by atoms with Crippen molar-refractivity contribution in [2.75, 3.05) is 31.1 Å². The molecular formula is C13H15F3N6. The maximum atomic E-state index is 13.0. The molecule has 0 radical (unpaired) electrons. The molecule has 2 aromatic heterocycles. The third-order valence-electron chi connectivity index (χ3n) is 4.43. The standard InChI is InChI=1S/C13H15F3N6/c14-13(15,16)10-6-11(22-12(19-10)17-8-18-22)21-5-4-20-3-1-2-9(20)7-21/h6,8-9H,1-5,7H2/t9-/m1/s1. The van der Waals surface area contributed by atoms with Gasteiger partial charge in [-0.1, -0.05) is 0 Å². The zero-order chi connectivity index (χ0) is 15.3. The zero-order valence-corrected chi connectivity index (χ0v) is 11.8. The van der Waals surface area contributed by atoms with Gasteiger partial charge in [0.15, 0.2) is 5.69 Å². The lowest BCUT2D eigenvalue weighted by atomic mass is 10.1. The Bertz CT molecular complexity index is 697. The number of alkyl halides is 3. The molecule has 0 amide bonds. The van der Waals surface area contributed by atoms with E-state index in [1.165, 1.54) is 10.8 Å². The minimum atomic E-state index is -4.49. The first-order chi connectivity index (χ1) is 10.5. The molecule has 9 heteroatoms. The predicted octanol–water partition coefficient (Wildman–Crippen LogP) is 1.43. The highest BCUT2D eigenvalue weighted by Gasteiger charge is 2.36. The summed E-state index contributed by atoms with van der Waals surface area (Å²) in [7, 11) is 0. The lowest BCUT2D eigenvalue weighted by Crippen LogP contribution is -2.50. The molecule has 1 atom stereocenters. The highest BCUT2D eigenvalue weighted by Crippen LogP contribution is 2.32. The lowest BCUT2D eigenvalue weighted by Gasteiger charge is -2.38. The Morgan fingerprint density at radius 2 is 2.05 bits per heavy atom. The molecular weight excluding hydrogens is 297 g/mol. The monoisotopic (exact) mass is 312 g/mol. The van der Waals surface area contributed by atoms with Gasteiger partial charge in [-0.05, 0) is 19.4 Å². The summed E-state index contributed by atoms with van der Waals surface area (Å²) in [5, 5.41) is 4.02. The molecule has 118 valence electrons. The normalized spacial score (nSPS) is 23.2. The van der Waals surface area contributed by atoms with Gasteiger partial charge in [0.2, 0.25) is 0 Å². The van der Waals surface area contributed by atoms with Crippen molar-refractivity contribution in [3.05, 3.63) is 18.1 Å². The molecule has 0 aromatic carbocycles. The average molecular weight is 312 g/mol. The van der Waals surface area contributed by atoms with Crippen LogP contribution in [0.15, 0.2) is 12.4 Å². The van der Waals surface area contributed by atoms with Gasteiger partial charge in [-0.25, -0.2) is 4.98 Å². The number of hydrogen-bond donors (Lipinski definition) is 0. The quantitative estimate of drug-likeness (QED) is 0.797. The van der Waals surface area contributed by atoms with Gasteiger partial charge in [0.25, 0.3) is 5.78 Å². The second kappa shape index (κ2) is 4.80. The molecule has 4 rings (SSSR count). The minimum Gasteiger partial charge on any atom is -0.354 e. The fourth-order valence-corrected chi connectivity index (χ4v) is 3.37. The van der Waals surface area contributed by atoms with Crippen molar-refractivity contribution < 1.29 is 13.2 Å². The summed E-state index contributed by atoms with van der Waals surface area (Å²) in [6, 6.07) is 1.49. The van der Waals surface area contributed by atoms with Crippen LogP contribution in [0.1, 0.15) is 18.5 Å². The fraction of sp³-hybridized carbons (Fsp3) is 0.615. The molecule has 0 unspecified atom stereocenters. The third-order valence-corrected chi connectivity index (χ3v) is 4.43.